The molecular formula is C24H20BrNO4. The number of halogens is 1. The summed E-state index contributed by atoms with van der Waals surface area (Å²) in [4.78, 5) is 27.8. The number of fused-ring (bicyclic) bond motifs is 1. The molecule has 0 bridgehead atoms. The van der Waals surface area contributed by atoms with Crippen molar-refractivity contribution in [3.8, 4) is 5.75 Å². The van der Waals surface area contributed by atoms with Gasteiger partial charge in [-0.2, -0.15) is 0 Å². The van der Waals surface area contributed by atoms with Crippen molar-refractivity contribution in [2.24, 2.45) is 0 Å². The Balaban J connectivity index is 1.68. The number of aliphatic hydroxyl groups is 1. The maximum atomic E-state index is 13.4. The second-order valence-electron chi connectivity index (χ2n) is 7.23. The second kappa shape index (κ2) is 8.05. The van der Waals surface area contributed by atoms with Crippen LogP contribution in [-0.2, 0) is 16.9 Å². The summed E-state index contributed by atoms with van der Waals surface area (Å²) in [6.07, 6.45) is -0.340. The molecule has 1 aliphatic rings. The number of hydrogen-bond donors (Lipinski definition) is 1. The van der Waals surface area contributed by atoms with Crippen LogP contribution in [0.3, 0.4) is 0 Å². The predicted octanol–water partition coefficient (Wildman–Crippen LogP) is 4.47. The summed E-state index contributed by atoms with van der Waals surface area (Å²) < 4.78 is 5.85. The fraction of sp³-hybridized carbons (Fsp3) is 0.167. The van der Waals surface area contributed by atoms with E-state index in [1.807, 2.05) is 36.4 Å². The van der Waals surface area contributed by atoms with Crippen molar-refractivity contribution in [2.75, 3.05) is 12.0 Å². The average Bonchev–Trinajstić information content (AvgIpc) is 2.96. The Labute approximate surface area is 183 Å². The minimum absolute atomic E-state index is 0.313. The van der Waals surface area contributed by atoms with Crippen LogP contribution in [0, 0.1) is 0 Å². The third-order valence-electron chi connectivity index (χ3n) is 5.31. The predicted molar refractivity (Wildman–Crippen MR) is 118 cm³/mol. The number of benzene rings is 3. The molecule has 1 N–H and O–H groups in total. The van der Waals surface area contributed by atoms with Gasteiger partial charge in [-0.25, -0.2) is 0 Å². The second-order valence-corrected chi connectivity index (χ2v) is 8.14. The first kappa shape index (κ1) is 20.3. The minimum atomic E-state index is -1.93. The molecule has 0 unspecified atom stereocenters. The van der Waals surface area contributed by atoms with E-state index < -0.39 is 11.5 Å². The van der Waals surface area contributed by atoms with Gasteiger partial charge in [-0.1, -0.05) is 46.3 Å². The first-order valence-corrected chi connectivity index (χ1v) is 10.3. The van der Waals surface area contributed by atoms with Crippen molar-refractivity contribution in [3.05, 3.63) is 94.0 Å². The largest absolute Gasteiger partial charge is 0.497 e. The van der Waals surface area contributed by atoms with Gasteiger partial charge in [0.05, 0.1) is 25.8 Å². The number of methoxy groups -OCH3 is 1. The Kier molecular flexibility index (Phi) is 5.45. The summed E-state index contributed by atoms with van der Waals surface area (Å²) in [6.45, 7) is 0.313. The summed E-state index contributed by atoms with van der Waals surface area (Å²) in [5, 5.41) is 11.5. The van der Waals surface area contributed by atoms with E-state index in [0.717, 1.165) is 10.0 Å². The Morgan fingerprint density at radius 1 is 1.07 bits per heavy atom. The molecule has 0 radical (unpaired) electrons. The van der Waals surface area contributed by atoms with Crippen molar-refractivity contribution in [1.29, 1.82) is 0 Å². The maximum Gasteiger partial charge on any atom is 0.264 e. The Bertz CT molecular complexity index is 1100. The molecule has 6 heteroatoms. The number of carbonyl (C=O) groups excluding carboxylic acids is 2. The monoisotopic (exact) mass is 465 g/mol. The Morgan fingerprint density at radius 3 is 2.43 bits per heavy atom. The quantitative estimate of drug-likeness (QED) is 0.545. The molecule has 1 heterocycles. The molecule has 3 aromatic carbocycles. The van der Waals surface area contributed by atoms with Gasteiger partial charge in [0.25, 0.3) is 5.91 Å². The van der Waals surface area contributed by atoms with Crippen molar-refractivity contribution in [2.45, 2.75) is 18.6 Å². The molecule has 1 amide bonds. The number of ether oxygens (including phenoxy) is 1. The van der Waals surface area contributed by atoms with Crippen LogP contribution < -0.4 is 9.64 Å². The van der Waals surface area contributed by atoms with Crippen LogP contribution in [-0.4, -0.2) is 23.9 Å². The summed E-state index contributed by atoms with van der Waals surface area (Å²) >= 11 is 3.41. The molecular weight excluding hydrogens is 446 g/mol. The summed E-state index contributed by atoms with van der Waals surface area (Å²) in [7, 11) is 1.55. The van der Waals surface area contributed by atoms with Crippen LogP contribution in [0.1, 0.15) is 27.9 Å². The molecule has 4 rings (SSSR count). The van der Waals surface area contributed by atoms with Gasteiger partial charge in [0.1, 0.15) is 5.75 Å². The third-order valence-corrected chi connectivity index (χ3v) is 5.80. The molecule has 5 nitrogen and oxygen atoms in total. The van der Waals surface area contributed by atoms with Crippen LogP contribution in [0.5, 0.6) is 5.75 Å². The highest BCUT2D eigenvalue weighted by Gasteiger charge is 2.51. The highest BCUT2D eigenvalue weighted by Crippen LogP contribution is 2.44. The van der Waals surface area contributed by atoms with Gasteiger partial charge in [-0.15, -0.1) is 0 Å². The van der Waals surface area contributed by atoms with Gasteiger partial charge in [0, 0.05) is 15.6 Å². The molecule has 0 saturated carbocycles. The lowest BCUT2D eigenvalue weighted by Gasteiger charge is -2.23. The summed E-state index contributed by atoms with van der Waals surface area (Å²) in [5.74, 6) is -0.187. The molecule has 152 valence electrons. The first-order valence-electron chi connectivity index (χ1n) is 9.48. The van der Waals surface area contributed by atoms with Crippen LogP contribution in [0.4, 0.5) is 5.69 Å². The SMILES string of the molecule is COc1ccc(C(=O)C[C@]2(O)C(=O)N(Cc3ccccc3)c3ccc(Br)cc32)cc1. The molecule has 1 atom stereocenters. The molecule has 0 aromatic heterocycles. The van der Waals surface area contributed by atoms with Crippen LogP contribution >= 0.6 is 15.9 Å². The zero-order chi connectivity index (χ0) is 21.3. The van der Waals surface area contributed by atoms with Crippen molar-refractivity contribution < 1.29 is 19.4 Å². The molecule has 0 aliphatic carbocycles. The van der Waals surface area contributed by atoms with E-state index in [1.54, 1.807) is 48.4 Å². The minimum Gasteiger partial charge on any atom is -0.497 e. The number of carbonyl (C=O) groups is 2. The van der Waals surface area contributed by atoms with Gasteiger partial charge >= 0.3 is 0 Å². The number of hydrogen-bond acceptors (Lipinski definition) is 4. The molecule has 30 heavy (non-hydrogen) atoms. The number of nitrogens with zero attached hydrogens (tertiary/aromatic N) is 1. The number of ketones is 1. The van der Waals surface area contributed by atoms with Crippen molar-refractivity contribution in [1.82, 2.24) is 0 Å². The van der Waals surface area contributed by atoms with Gasteiger partial charge in [-0.3, -0.25) is 9.59 Å². The van der Waals surface area contributed by atoms with E-state index in [1.165, 1.54) is 0 Å². The zero-order valence-electron chi connectivity index (χ0n) is 16.3. The van der Waals surface area contributed by atoms with E-state index in [2.05, 4.69) is 15.9 Å². The Hall–Kier alpha value is -2.96. The highest BCUT2D eigenvalue weighted by atomic mass is 79.9. The Morgan fingerprint density at radius 2 is 1.77 bits per heavy atom. The topological polar surface area (TPSA) is 66.8 Å². The zero-order valence-corrected chi connectivity index (χ0v) is 17.9. The van der Waals surface area contributed by atoms with E-state index >= 15 is 0 Å². The van der Waals surface area contributed by atoms with Crippen LogP contribution in [0.15, 0.2) is 77.3 Å². The number of rotatable bonds is 6. The van der Waals surface area contributed by atoms with E-state index in [-0.39, 0.29) is 12.2 Å². The molecule has 0 saturated heterocycles. The van der Waals surface area contributed by atoms with E-state index in [9.17, 15) is 14.7 Å². The lowest BCUT2D eigenvalue weighted by molar-refractivity contribution is -0.136. The fourth-order valence-corrected chi connectivity index (χ4v) is 4.09. The standard InChI is InChI=1S/C24H20BrNO4/c1-30-19-10-7-17(8-11-19)22(27)14-24(29)20-13-18(25)9-12-21(20)26(23(24)28)15-16-5-3-2-4-6-16/h2-13,29H,14-15H2,1H3/t24-/m1/s1. The first-order chi connectivity index (χ1) is 14.4. The number of anilines is 1. The van der Waals surface area contributed by atoms with Gasteiger partial charge in [-0.05, 0) is 48.0 Å². The van der Waals surface area contributed by atoms with Crippen molar-refractivity contribution in [3.63, 3.8) is 0 Å². The van der Waals surface area contributed by atoms with Gasteiger partial charge in [0.2, 0.25) is 0 Å². The molecule has 1 aliphatic heterocycles. The fourth-order valence-electron chi connectivity index (χ4n) is 3.73. The average molecular weight is 466 g/mol. The molecule has 0 spiro atoms. The smallest absolute Gasteiger partial charge is 0.264 e. The summed E-state index contributed by atoms with van der Waals surface area (Å²) in [5.41, 5.74) is 0.461. The number of Topliss-reactive ketones (excluding diaryl/α,β-unsaturated/α-hetero) is 1. The van der Waals surface area contributed by atoms with E-state index in [4.69, 9.17) is 4.74 Å². The third kappa shape index (κ3) is 3.64. The summed E-state index contributed by atoms with van der Waals surface area (Å²) in [6, 6.07) is 21.5. The lowest BCUT2D eigenvalue weighted by Crippen LogP contribution is -2.41. The van der Waals surface area contributed by atoms with E-state index in [0.29, 0.717) is 29.1 Å². The maximum absolute atomic E-state index is 13.4. The molecule has 3 aromatic rings. The van der Waals surface area contributed by atoms with Crippen LogP contribution in [0.2, 0.25) is 0 Å². The van der Waals surface area contributed by atoms with Crippen LogP contribution in [0.25, 0.3) is 0 Å². The number of amides is 1. The highest BCUT2D eigenvalue weighted by molar-refractivity contribution is 9.10. The van der Waals surface area contributed by atoms with Crippen molar-refractivity contribution >= 4 is 33.3 Å². The van der Waals surface area contributed by atoms with Gasteiger partial charge in [0.15, 0.2) is 11.4 Å². The normalized spacial score (nSPS) is 17.7. The molecule has 0 fully saturated rings. The van der Waals surface area contributed by atoms with Gasteiger partial charge < -0.3 is 14.7 Å². The lowest BCUT2D eigenvalue weighted by atomic mass is 9.88.